The van der Waals surface area contributed by atoms with Crippen LogP contribution in [-0.2, 0) is 19.1 Å². The lowest BCUT2D eigenvalue weighted by Gasteiger charge is -2.30. The summed E-state index contributed by atoms with van der Waals surface area (Å²) in [5.41, 5.74) is 1.05. The monoisotopic (exact) mass is 352 g/mol. The smallest absolute Gasteiger partial charge is 0.334 e. The highest BCUT2D eigenvalue weighted by Crippen LogP contribution is 2.38. The molecule has 0 aromatic heterocycles. The highest BCUT2D eigenvalue weighted by atomic mass is 16.6. The van der Waals surface area contributed by atoms with Crippen molar-refractivity contribution < 1.29 is 29.3 Å². The second-order valence-electron chi connectivity index (χ2n) is 7.21. The minimum atomic E-state index is -0.616. The van der Waals surface area contributed by atoms with Crippen LogP contribution in [-0.4, -0.2) is 47.6 Å². The van der Waals surface area contributed by atoms with Gasteiger partial charge in [0.1, 0.15) is 12.2 Å². The van der Waals surface area contributed by atoms with Gasteiger partial charge in [0, 0.05) is 18.6 Å². The van der Waals surface area contributed by atoms with Crippen molar-refractivity contribution in [3.63, 3.8) is 0 Å². The maximum atomic E-state index is 12.2. The normalized spacial score (nSPS) is 32.6. The maximum Gasteiger partial charge on any atom is 0.334 e. The molecule has 0 aromatic rings. The topological polar surface area (TPSA) is 93.1 Å². The Bertz CT molecular complexity index is 550. The number of allylic oxidation sites excluding steroid dienone is 1. The zero-order chi connectivity index (χ0) is 18.6. The first-order chi connectivity index (χ1) is 11.9. The summed E-state index contributed by atoms with van der Waals surface area (Å²) in [6.45, 7) is 7.18. The van der Waals surface area contributed by atoms with Crippen molar-refractivity contribution in [2.24, 2.45) is 17.8 Å². The molecule has 1 saturated heterocycles. The number of hydrogen-bond donors (Lipinski definition) is 2. The number of fused-ring (bicyclic) bond motifs is 1. The number of hydrogen-bond acceptors (Lipinski definition) is 6. The molecule has 25 heavy (non-hydrogen) atoms. The number of aliphatic hydroxyl groups is 2. The molecule has 0 spiro atoms. The van der Waals surface area contributed by atoms with Crippen molar-refractivity contribution in [3.8, 4) is 0 Å². The molecular formula is C19H28O6. The highest BCUT2D eigenvalue weighted by molar-refractivity contribution is 5.91. The van der Waals surface area contributed by atoms with Gasteiger partial charge in [-0.15, -0.1) is 0 Å². The van der Waals surface area contributed by atoms with Crippen LogP contribution in [0.1, 0.15) is 39.5 Å². The summed E-state index contributed by atoms with van der Waals surface area (Å²) >= 11 is 0. The first-order valence-corrected chi connectivity index (χ1v) is 8.87. The number of aliphatic hydroxyl groups excluding tert-OH is 2. The average molecular weight is 352 g/mol. The standard InChI is InChI=1S/C19H28O6/c1-11(2)18(22)24-15-7-13(9-20)5-4-6-14(10-21)8-16-17(15)12(3)19(23)25-16/h5,11,14-17,20-21H,3-4,6-10H2,1-2H3/b13-5+/t14-,15?,16-,17-/m1/s1. The molecule has 6 nitrogen and oxygen atoms in total. The lowest BCUT2D eigenvalue weighted by Crippen LogP contribution is -2.36. The third kappa shape index (κ3) is 4.70. The van der Waals surface area contributed by atoms with E-state index in [-0.39, 0.29) is 31.0 Å². The van der Waals surface area contributed by atoms with E-state index in [1.165, 1.54) is 0 Å². The molecule has 1 heterocycles. The Morgan fingerprint density at radius 3 is 2.76 bits per heavy atom. The Morgan fingerprint density at radius 2 is 2.16 bits per heavy atom. The van der Waals surface area contributed by atoms with Gasteiger partial charge >= 0.3 is 11.9 Å². The summed E-state index contributed by atoms with van der Waals surface area (Å²) in [6.07, 6.45) is 3.14. The van der Waals surface area contributed by atoms with E-state index >= 15 is 0 Å². The van der Waals surface area contributed by atoms with Crippen molar-refractivity contribution in [3.05, 3.63) is 23.8 Å². The zero-order valence-corrected chi connectivity index (χ0v) is 14.9. The number of rotatable bonds is 4. The summed E-state index contributed by atoms with van der Waals surface area (Å²) in [7, 11) is 0. The van der Waals surface area contributed by atoms with E-state index in [0.717, 1.165) is 12.0 Å². The molecule has 2 N–H and O–H groups in total. The molecular weight excluding hydrogens is 324 g/mol. The second-order valence-corrected chi connectivity index (χ2v) is 7.21. The SMILES string of the molecule is C=C1C(=O)O[C@@H]2C[C@H](CO)CC/C=C(/CO)CC(OC(=O)C(C)C)[C@@H]12. The summed E-state index contributed by atoms with van der Waals surface area (Å²) in [4.78, 5) is 24.2. The fourth-order valence-corrected chi connectivity index (χ4v) is 3.44. The lowest BCUT2D eigenvalue weighted by atomic mass is 9.81. The van der Waals surface area contributed by atoms with Crippen LogP contribution < -0.4 is 0 Å². The number of esters is 2. The van der Waals surface area contributed by atoms with Gasteiger partial charge in [0.2, 0.25) is 0 Å². The summed E-state index contributed by atoms with van der Waals surface area (Å²) in [5, 5.41) is 19.2. The molecule has 1 fully saturated rings. The van der Waals surface area contributed by atoms with Crippen LogP contribution in [0.2, 0.25) is 0 Å². The molecule has 0 saturated carbocycles. The van der Waals surface area contributed by atoms with Gasteiger partial charge in [0.15, 0.2) is 0 Å². The minimum absolute atomic E-state index is 0.00794. The van der Waals surface area contributed by atoms with E-state index in [2.05, 4.69) is 6.58 Å². The predicted molar refractivity (Wildman–Crippen MR) is 91.4 cm³/mol. The average Bonchev–Trinajstić information content (AvgIpc) is 2.85. The molecule has 140 valence electrons. The van der Waals surface area contributed by atoms with Gasteiger partial charge in [0.05, 0.1) is 18.4 Å². The predicted octanol–water partition coefficient (Wildman–Crippen LogP) is 1.75. The van der Waals surface area contributed by atoms with Crippen molar-refractivity contribution in [2.75, 3.05) is 13.2 Å². The molecule has 1 aliphatic carbocycles. The molecule has 2 aliphatic rings. The van der Waals surface area contributed by atoms with E-state index < -0.39 is 24.1 Å². The largest absolute Gasteiger partial charge is 0.461 e. The molecule has 0 bridgehead atoms. The molecule has 0 radical (unpaired) electrons. The van der Waals surface area contributed by atoms with E-state index in [1.807, 2.05) is 6.08 Å². The molecule has 1 unspecified atom stereocenters. The molecule has 6 heteroatoms. The van der Waals surface area contributed by atoms with Gasteiger partial charge in [0.25, 0.3) is 0 Å². The first kappa shape index (κ1) is 19.7. The number of carbonyl (C=O) groups excluding carboxylic acids is 2. The van der Waals surface area contributed by atoms with Crippen molar-refractivity contribution in [1.82, 2.24) is 0 Å². The fourth-order valence-electron chi connectivity index (χ4n) is 3.44. The van der Waals surface area contributed by atoms with Gasteiger partial charge in [-0.05, 0) is 30.8 Å². The van der Waals surface area contributed by atoms with Gasteiger partial charge in [-0.2, -0.15) is 0 Å². The summed E-state index contributed by atoms with van der Waals surface area (Å²) in [6, 6.07) is 0. The van der Waals surface area contributed by atoms with Crippen LogP contribution in [0.3, 0.4) is 0 Å². The van der Waals surface area contributed by atoms with Gasteiger partial charge in [-0.25, -0.2) is 4.79 Å². The van der Waals surface area contributed by atoms with Crippen LogP contribution in [0.15, 0.2) is 23.8 Å². The molecule has 0 amide bonds. The highest BCUT2D eigenvalue weighted by Gasteiger charge is 2.46. The van der Waals surface area contributed by atoms with Crippen LogP contribution in [0.5, 0.6) is 0 Å². The van der Waals surface area contributed by atoms with E-state index in [4.69, 9.17) is 9.47 Å². The van der Waals surface area contributed by atoms with Gasteiger partial charge in [-0.3, -0.25) is 4.79 Å². The quantitative estimate of drug-likeness (QED) is 0.455. The Balaban J connectivity index is 2.35. The van der Waals surface area contributed by atoms with Crippen LogP contribution in [0, 0.1) is 17.8 Å². The van der Waals surface area contributed by atoms with Crippen LogP contribution in [0.4, 0.5) is 0 Å². The summed E-state index contributed by atoms with van der Waals surface area (Å²) in [5.74, 6) is -1.62. The fraction of sp³-hybridized carbons (Fsp3) is 0.684. The van der Waals surface area contributed by atoms with Crippen molar-refractivity contribution in [1.29, 1.82) is 0 Å². The summed E-state index contributed by atoms with van der Waals surface area (Å²) < 4.78 is 11.1. The third-order valence-electron chi connectivity index (χ3n) is 4.96. The second kappa shape index (κ2) is 8.63. The number of ether oxygens (including phenoxy) is 2. The Morgan fingerprint density at radius 1 is 1.44 bits per heavy atom. The van der Waals surface area contributed by atoms with E-state index in [1.54, 1.807) is 13.8 Å². The molecule has 1 aliphatic heterocycles. The first-order valence-electron chi connectivity index (χ1n) is 8.87. The van der Waals surface area contributed by atoms with Crippen molar-refractivity contribution >= 4 is 11.9 Å². The van der Waals surface area contributed by atoms with Crippen molar-refractivity contribution in [2.45, 2.75) is 51.7 Å². The Labute approximate surface area is 148 Å². The van der Waals surface area contributed by atoms with Gasteiger partial charge in [-0.1, -0.05) is 26.5 Å². The lowest BCUT2D eigenvalue weighted by molar-refractivity contribution is -0.156. The Hall–Kier alpha value is -1.66. The van der Waals surface area contributed by atoms with E-state index in [0.29, 0.717) is 24.8 Å². The number of carbonyl (C=O) groups is 2. The van der Waals surface area contributed by atoms with Crippen LogP contribution >= 0.6 is 0 Å². The minimum Gasteiger partial charge on any atom is -0.461 e. The maximum absolute atomic E-state index is 12.2. The molecule has 4 atom stereocenters. The third-order valence-corrected chi connectivity index (χ3v) is 4.96. The molecule has 0 aromatic carbocycles. The van der Waals surface area contributed by atoms with Gasteiger partial charge < -0.3 is 19.7 Å². The Kier molecular flexibility index (Phi) is 6.79. The van der Waals surface area contributed by atoms with E-state index in [9.17, 15) is 19.8 Å². The van der Waals surface area contributed by atoms with Crippen LogP contribution in [0.25, 0.3) is 0 Å². The molecule has 2 rings (SSSR count). The zero-order valence-electron chi connectivity index (χ0n) is 14.9.